The molecule has 0 saturated carbocycles. The van der Waals surface area contributed by atoms with Crippen LogP contribution in [0.25, 0.3) is 0 Å². The second-order valence-electron chi connectivity index (χ2n) is 5.14. The predicted octanol–water partition coefficient (Wildman–Crippen LogP) is 2.02. The van der Waals surface area contributed by atoms with Gasteiger partial charge in [-0.1, -0.05) is 0 Å². The van der Waals surface area contributed by atoms with Crippen LogP contribution in [0.15, 0.2) is 21.8 Å². The van der Waals surface area contributed by atoms with E-state index < -0.39 is 0 Å². The van der Waals surface area contributed by atoms with E-state index in [2.05, 4.69) is 39.4 Å². The molecule has 5 heteroatoms. The zero-order valence-electron chi connectivity index (χ0n) is 11.7. The van der Waals surface area contributed by atoms with Gasteiger partial charge >= 0.3 is 0 Å². The second kappa shape index (κ2) is 6.91. The molecule has 0 aromatic carbocycles. The number of rotatable bonds is 5. The molecule has 1 aliphatic rings. The van der Waals surface area contributed by atoms with E-state index in [1.807, 2.05) is 0 Å². The first-order valence-electron chi connectivity index (χ1n) is 6.81. The van der Waals surface area contributed by atoms with E-state index in [1.165, 1.54) is 5.56 Å². The van der Waals surface area contributed by atoms with Crippen LogP contribution < -0.4 is 10.6 Å². The molecular formula is C14H23N3OS. The molecule has 4 nitrogen and oxygen atoms in total. The number of hydrogen-bond donors (Lipinski definition) is 2. The molecule has 1 atom stereocenters. The van der Waals surface area contributed by atoms with Crippen LogP contribution in [0.3, 0.4) is 0 Å². The van der Waals surface area contributed by atoms with E-state index in [1.54, 1.807) is 18.4 Å². The van der Waals surface area contributed by atoms with Crippen LogP contribution in [0.4, 0.5) is 0 Å². The van der Waals surface area contributed by atoms with Crippen molar-refractivity contribution < 1.29 is 4.74 Å². The maximum absolute atomic E-state index is 5.75. The zero-order valence-corrected chi connectivity index (χ0v) is 12.6. The van der Waals surface area contributed by atoms with Crippen molar-refractivity contribution in [2.75, 3.05) is 26.7 Å². The Kier molecular flexibility index (Phi) is 5.22. The largest absolute Gasteiger partial charge is 0.373 e. The molecule has 0 amide bonds. The first-order valence-corrected chi connectivity index (χ1v) is 7.76. The molecule has 1 saturated heterocycles. The Labute approximate surface area is 119 Å². The molecule has 1 aromatic heterocycles. The van der Waals surface area contributed by atoms with Gasteiger partial charge in [-0.15, -0.1) is 0 Å². The summed E-state index contributed by atoms with van der Waals surface area (Å²) in [5.41, 5.74) is 1.34. The third-order valence-corrected chi connectivity index (χ3v) is 4.17. The van der Waals surface area contributed by atoms with Crippen LogP contribution in [-0.2, 0) is 11.2 Å². The molecule has 2 N–H and O–H groups in total. The predicted molar refractivity (Wildman–Crippen MR) is 81.0 cm³/mol. The highest BCUT2D eigenvalue weighted by Crippen LogP contribution is 2.23. The summed E-state index contributed by atoms with van der Waals surface area (Å²) in [6.45, 7) is 4.74. The van der Waals surface area contributed by atoms with Crippen LogP contribution >= 0.6 is 11.3 Å². The SMILES string of the molecule is CN=C(NCCc1ccsc1)NCC1(C)CCCO1. The van der Waals surface area contributed by atoms with Crippen molar-refractivity contribution >= 4 is 17.3 Å². The number of thiophene rings is 1. The lowest BCUT2D eigenvalue weighted by Crippen LogP contribution is -2.45. The number of nitrogens with one attached hydrogen (secondary N) is 2. The average Bonchev–Trinajstić information content (AvgIpc) is 3.06. The number of nitrogens with zero attached hydrogens (tertiary/aromatic N) is 1. The standard InChI is InChI=1S/C14H23N3OS/c1-14(6-3-8-18-14)11-17-13(15-2)16-7-4-12-5-9-19-10-12/h5,9-10H,3-4,6-8,11H2,1-2H3,(H2,15,16,17). The number of hydrogen-bond acceptors (Lipinski definition) is 3. The topological polar surface area (TPSA) is 45.7 Å². The minimum atomic E-state index is -0.0367. The van der Waals surface area contributed by atoms with Gasteiger partial charge in [-0.25, -0.2) is 0 Å². The highest BCUT2D eigenvalue weighted by atomic mass is 32.1. The van der Waals surface area contributed by atoms with E-state index in [4.69, 9.17) is 4.74 Å². The van der Waals surface area contributed by atoms with Crippen molar-refractivity contribution in [1.82, 2.24) is 10.6 Å². The molecule has 0 radical (unpaired) electrons. The van der Waals surface area contributed by atoms with Gasteiger partial charge in [0, 0.05) is 26.7 Å². The fourth-order valence-corrected chi connectivity index (χ4v) is 2.93. The summed E-state index contributed by atoms with van der Waals surface area (Å²) in [6, 6.07) is 2.16. The summed E-state index contributed by atoms with van der Waals surface area (Å²) in [5, 5.41) is 11.0. The molecule has 0 aliphatic carbocycles. The van der Waals surface area contributed by atoms with Gasteiger partial charge in [0.15, 0.2) is 5.96 Å². The van der Waals surface area contributed by atoms with Crippen molar-refractivity contribution in [3.8, 4) is 0 Å². The summed E-state index contributed by atoms with van der Waals surface area (Å²) in [6.07, 6.45) is 3.30. The van der Waals surface area contributed by atoms with E-state index >= 15 is 0 Å². The van der Waals surface area contributed by atoms with Gasteiger partial charge in [-0.05, 0) is 48.6 Å². The minimum absolute atomic E-state index is 0.0367. The fourth-order valence-electron chi connectivity index (χ4n) is 2.23. The lowest BCUT2D eigenvalue weighted by molar-refractivity contribution is 0.0243. The molecule has 106 valence electrons. The van der Waals surface area contributed by atoms with Crippen LogP contribution in [0.1, 0.15) is 25.3 Å². The molecule has 2 heterocycles. The molecular weight excluding hydrogens is 258 g/mol. The zero-order chi connectivity index (χ0) is 13.6. The monoisotopic (exact) mass is 281 g/mol. The summed E-state index contributed by atoms with van der Waals surface area (Å²) < 4.78 is 5.75. The Morgan fingerprint density at radius 1 is 1.53 bits per heavy atom. The van der Waals surface area contributed by atoms with Gasteiger partial charge in [-0.3, -0.25) is 4.99 Å². The smallest absolute Gasteiger partial charge is 0.191 e. The molecule has 19 heavy (non-hydrogen) atoms. The Morgan fingerprint density at radius 2 is 2.42 bits per heavy atom. The van der Waals surface area contributed by atoms with E-state index in [9.17, 15) is 0 Å². The van der Waals surface area contributed by atoms with Crippen molar-refractivity contribution in [2.24, 2.45) is 4.99 Å². The van der Waals surface area contributed by atoms with Crippen LogP contribution in [0.5, 0.6) is 0 Å². The Balaban J connectivity index is 1.68. The third-order valence-electron chi connectivity index (χ3n) is 3.44. The summed E-state index contributed by atoms with van der Waals surface area (Å²) in [7, 11) is 1.80. The molecule has 1 unspecified atom stereocenters. The van der Waals surface area contributed by atoms with Gasteiger partial charge in [0.1, 0.15) is 0 Å². The Bertz CT molecular complexity index is 397. The quantitative estimate of drug-likeness (QED) is 0.641. The third kappa shape index (κ3) is 4.51. The average molecular weight is 281 g/mol. The number of aliphatic imine (C=N–C) groups is 1. The molecule has 1 aliphatic heterocycles. The van der Waals surface area contributed by atoms with Crippen molar-refractivity contribution in [3.05, 3.63) is 22.4 Å². The van der Waals surface area contributed by atoms with Gasteiger partial charge in [0.05, 0.1) is 5.60 Å². The van der Waals surface area contributed by atoms with Gasteiger partial charge in [0.2, 0.25) is 0 Å². The molecule has 0 spiro atoms. The van der Waals surface area contributed by atoms with Crippen molar-refractivity contribution in [1.29, 1.82) is 0 Å². The summed E-state index contributed by atoms with van der Waals surface area (Å²) in [4.78, 5) is 4.24. The normalized spacial score (nSPS) is 23.6. The fraction of sp³-hybridized carbons (Fsp3) is 0.643. The van der Waals surface area contributed by atoms with Crippen molar-refractivity contribution in [2.45, 2.75) is 31.8 Å². The molecule has 0 bridgehead atoms. The molecule has 1 aromatic rings. The minimum Gasteiger partial charge on any atom is -0.373 e. The molecule has 2 rings (SSSR count). The Morgan fingerprint density at radius 3 is 3.05 bits per heavy atom. The summed E-state index contributed by atoms with van der Waals surface area (Å²) in [5.74, 6) is 0.854. The number of ether oxygens (including phenoxy) is 1. The molecule has 1 fully saturated rings. The van der Waals surface area contributed by atoms with E-state index in [0.717, 1.165) is 44.9 Å². The highest BCUT2D eigenvalue weighted by Gasteiger charge is 2.29. The van der Waals surface area contributed by atoms with E-state index in [0.29, 0.717) is 0 Å². The van der Waals surface area contributed by atoms with Gasteiger partial charge in [0.25, 0.3) is 0 Å². The maximum Gasteiger partial charge on any atom is 0.191 e. The first-order chi connectivity index (χ1) is 9.22. The van der Waals surface area contributed by atoms with Gasteiger partial charge in [-0.2, -0.15) is 11.3 Å². The highest BCUT2D eigenvalue weighted by molar-refractivity contribution is 7.07. The van der Waals surface area contributed by atoms with E-state index in [-0.39, 0.29) is 5.60 Å². The first kappa shape index (κ1) is 14.3. The van der Waals surface area contributed by atoms with Crippen LogP contribution in [-0.4, -0.2) is 38.3 Å². The second-order valence-corrected chi connectivity index (χ2v) is 5.92. The maximum atomic E-state index is 5.75. The Hall–Kier alpha value is -1.07. The van der Waals surface area contributed by atoms with Crippen molar-refractivity contribution in [3.63, 3.8) is 0 Å². The summed E-state index contributed by atoms with van der Waals surface area (Å²) >= 11 is 1.74. The lowest BCUT2D eigenvalue weighted by Gasteiger charge is -2.24. The number of guanidine groups is 1. The lowest BCUT2D eigenvalue weighted by atomic mass is 10.0. The van der Waals surface area contributed by atoms with Crippen LogP contribution in [0, 0.1) is 0 Å². The van der Waals surface area contributed by atoms with Crippen LogP contribution in [0.2, 0.25) is 0 Å². The van der Waals surface area contributed by atoms with Gasteiger partial charge < -0.3 is 15.4 Å².